The van der Waals surface area contributed by atoms with E-state index in [-0.39, 0.29) is 17.9 Å². The van der Waals surface area contributed by atoms with Gasteiger partial charge in [-0.25, -0.2) is 0 Å². The fourth-order valence-electron chi connectivity index (χ4n) is 5.27. The summed E-state index contributed by atoms with van der Waals surface area (Å²) < 4.78 is 15.4. The molecule has 0 aromatic heterocycles. The average molecular weight is 669 g/mol. The second-order valence-electron chi connectivity index (χ2n) is 13.4. The number of carbonyl (C=O) groups is 3. The molecule has 0 aliphatic carbocycles. The summed E-state index contributed by atoms with van der Waals surface area (Å²) in [6.07, 6.45) is 35.7. The zero-order valence-corrected chi connectivity index (χ0v) is 32.0. The van der Waals surface area contributed by atoms with E-state index in [0.29, 0.717) is 39.1 Å². The van der Waals surface area contributed by atoms with E-state index in [4.69, 9.17) is 14.2 Å². The highest BCUT2D eigenvalue weighted by molar-refractivity contribution is 5.69. The largest absolute Gasteiger partial charge is 0.466 e. The number of carbonyl (C=O) groups excluding carboxylic acids is 3. The van der Waals surface area contributed by atoms with Crippen molar-refractivity contribution in [1.29, 1.82) is 0 Å². The zero-order chi connectivity index (χ0) is 34.9. The lowest BCUT2D eigenvalue weighted by Crippen LogP contribution is -2.05. The first-order valence-corrected chi connectivity index (χ1v) is 20.5. The van der Waals surface area contributed by atoms with E-state index in [9.17, 15) is 14.4 Å². The molecule has 6 nitrogen and oxygen atoms in total. The van der Waals surface area contributed by atoms with Crippen LogP contribution in [0.4, 0.5) is 0 Å². The molecule has 47 heavy (non-hydrogen) atoms. The average Bonchev–Trinajstić information content (AvgIpc) is 3.06. The molecule has 280 valence electrons. The van der Waals surface area contributed by atoms with Crippen molar-refractivity contribution >= 4 is 17.9 Å². The number of esters is 3. The van der Waals surface area contributed by atoms with E-state index in [1.807, 2.05) is 0 Å². The fourth-order valence-corrected chi connectivity index (χ4v) is 5.27. The number of hydrogen-bond donors (Lipinski definition) is 0. The molecule has 0 aromatic carbocycles. The smallest absolute Gasteiger partial charge is 0.305 e. The summed E-state index contributed by atoms with van der Waals surface area (Å²) in [5.74, 6) is -0.113. The normalized spacial score (nSPS) is 10.7. The van der Waals surface area contributed by atoms with Crippen LogP contribution in [0.1, 0.15) is 227 Å². The third-order valence-corrected chi connectivity index (χ3v) is 8.53. The van der Waals surface area contributed by atoms with Gasteiger partial charge in [0.1, 0.15) is 0 Å². The van der Waals surface area contributed by atoms with Gasteiger partial charge in [-0.15, -0.1) is 0 Å². The molecule has 0 bridgehead atoms. The molecule has 0 fully saturated rings. The first kappa shape index (κ1) is 47.5. The topological polar surface area (TPSA) is 78.9 Å². The van der Waals surface area contributed by atoms with Gasteiger partial charge in [-0.3, -0.25) is 14.4 Å². The minimum Gasteiger partial charge on any atom is -0.466 e. The Labute approximate surface area is 292 Å². The SMILES string of the molecule is CCCCCCCCCCCCCCCCCC(=O)OCCCC.CCCCOC(=O)CCCCCCCCCC(=O)OCCCC. The summed E-state index contributed by atoms with van der Waals surface area (Å²) in [5.41, 5.74) is 0. The van der Waals surface area contributed by atoms with Crippen molar-refractivity contribution in [2.45, 2.75) is 227 Å². The Bertz CT molecular complexity index is 622. The molecule has 0 unspecified atom stereocenters. The van der Waals surface area contributed by atoms with Crippen LogP contribution in [0.25, 0.3) is 0 Å². The van der Waals surface area contributed by atoms with Gasteiger partial charge in [0, 0.05) is 19.3 Å². The molecule has 0 saturated heterocycles. The number of hydrogen-bond acceptors (Lipinski definition) is 6. The molecule has 0 aliphatic rings. The van der Waals surface area contributed by atoms with Crippen LogP contribution in [0.5, 0.6) is 0 Å². The van der Waals surface area contributed by atoms with Gasteiger partial charge < -0.3 is 14.2 Å². The van der Waals surface area contributed by atoms with Crippen molar-refractivity contribution in [2.75, 3.05) is 19.8 Å². The van der Waals surface area contributed by atoms with Gasteiger partial charge in [-0.05, 0) is 38.5 Å². The molecular weight excluding hydrogens is 588 g/mol. The molecule has 0 aromatic rings. The molecular formula is C41H80O6. The Hall–Kier alpha value is -1.59. The number of unbranched alkanes of at least 4 members (excludes halogenated alkanes) is 23. The van der Waals surface area contributed by atoms with Gasteiger partial charge >= 0.3 is 17.9 Å². The van der Waals surface area contributed by atoms with Crippen molar-refractivity contribution < 1.29 is 28.6 Å². The molecule has 0 spiro atoms. The number of ether oxygens (including phenoxy) is 3. The third-order valence-electron chi connectivity index (χ3n) is 8.53. The molecule has 0 heterocycles. The summed E-state index contributed by atoms with van der Waals surface area (Å²) in [6, 6.07) is 0. The van der Waals surface area contributed by atoms with E-state index in [1.54, 1.807) is 0 Å². The quantitative estimate of drug-likeness (QED) is 0.0380. The molecule has 0 radical (unpaired) electrons. The minimum atomic E-state index is -0.0555. The fraction of sp³-hybridized carbons (Fsp3) is 0.927. The van der Waals surface area contributed by atoms with Crippen molar-refractivity contribution in [2.24, 2.45) is 0 Å². The van der Waals surface area contributed by atoms with Gasteiger partial charge in [0.2, 0.25) is 0 Å². The first-order chi connectivity index (χ1) is 23.0. The first-order valence-electron chi connectivity index (χ1n) is 20.5. The van der Waals surface area contributed by atoms with E-state index < -0.39 is 0 Å². The van der Waals surface area contributed by atoms with Gasteiger partial charge in [-0.1, -0.05) is 169 Å². The molecule has 0 saturated carbocycles. The van der Waals surface area contributed by atoms with Crippen LogP contribution in [0, 0.1) is 0 Å². The second kappa shape index (κ2) is 42.4. The molecule has 0 rings (SSSR count). The van der Waals surface area contributed by atoms with Crippen LogP contribution in [-0.2, 0) is 28.6 Å². The maximum atomic E-state index is 11.4. The Morgan fingerprint density at radius 1 is 0.277 bits per heavy atom. The lowest BCUT2D eigenvalue weighted by Gasteiger charge is -2.05. The Morgan fingerprint density at radius 2 is 0.468 bits per heavy atom. The number of rotatable bonds is 35. The van der Waals surface area contributed by atoms with E-state index in [1.165, 1.54) is 96.3 Å². The van der Waals surface area contributed by atoms with Crippen LogP contribution in [0.15, 0.2) is 0 Å². The zero-order valence-electron chi connectivity index (χ0n) is 32.0. The monoisotopic (exact) mass is 669 g/mol. The van der Waals surface area contributed by atoms with Gasteiger partial charge in [-0.2, -0.15) is 0 Å². The van der Waals surface area contributed by atoms with E-state index >= 15 is 0 Å². The Kier molecular flexibility index (Phi) is 42.9. The lowest BCUT2D eigenvalue weighted by molar-refractivity contribution is -0.144. The predicted octanol–water partition coefficient (Wildman–Crippen LogP) is 12.8. The summed E-state index contributed by atoms with van der Waals surface area (Å²) in [6.45, 7) is 10.3. The second-order valence-corrected chi connectivity index (χ2v) is 13.4. The highest BCUT2D eigenvalue weighted by atomic mass is 16.5. The van der Waals surface area contributed by atoms with Crippen molar-refractivity contribution in [3.05, 3.63) is 0 Å². The summed E-state index contributed by atoms with van der Waals surface area (Å²) in [7, 11) is 0. The summed E-state index contributed by atoms with van der Waals surface area (Å²) in [5, 5.41) is 0. The molecule has 0 atom stereocenters. The van der Waals surface area contributed by atoms with Crippen molar-refractivity contribution in [3.8, 4) is 0 Å². The highest BCUT2D eigenvalue weighted by Gasteiger charge is 2.04. The van der Waals surface area contributed by atoms with Crippen LogP contribution in [0.2, 0.25) is 0 Å². The van der Waals surface area contributed by atoms with Crippen molar-refractivity contribution in [1.82, 2.24) is 0 Å². The standard InChI is InChI=1S/C22H44O2.C19H36O4/c1-3-5-7-8-9-10-11-12-13-14-15-16-17-18-19-20-22(23)24-21-6-4-2;1-3-5-16-22-18(20)14-12-10-8-7-9-11-13-15-19(21)23-17-6-4-2/h3-21H2,1-2H3;3-17H2,1-2H3. The molecule has 6 heteroatoms. The molecule has 0 aliphatic heterocycles. The van der Waals surface area contributed by atoms with Gasteiger partial charge in [0.15, 0.2) is 0 Å². The third kappa shape index (κ3) is 44.4. The molecule has 0 N–H and O–H groups in total. The molecule has 0 amide bonds. The van der Waals surface area contributed by atoms with E-state index in [2.05, 4.69) is 27.7 Å². The van der Waals surface area contributed by atoms with Crippen LogP contribution in [-0.4, -0.2) is 37.7 Å². The maximum Gasteiger partial charge on any atom is 0.305 e. The summed E-state index contributed by atoms with van der Waals surface area (Å²) in [4.78, 5) is 34.2. The van der Waals surface area contributed by atoms with Crippen LogP contribution < -0.4 is 0 Å². The van der Waals surface area contributed by atoms with Crippen LogP contribution in [0.3, 0.4) is 0 Å². The van der Waals surface area contributed by atoms with Crippen molar-refractivity contribution in [3.63, 3.8) is 0 Å². The lowest BCUT2D eigenvalue weighted by atomic mass is 10.0. The van der Waals surface area contributed by atoms with Gasteiger partial charge in [0.05, 0.1) is 19.8 Å². The summed E-state index contributed by atoms with van der Waals surface area (Å²) >= 11 is 0. The van der Waals surface area contributed by atoms with E-state index in [0.717, 1.165) is 83.5 Å². The highest BCUT2D eigenvalue weighted by Crippen LogP contribution is 2.14. The maximum absolute atomic E-state index is 11.4. The van der Waals surface area contributed by atoms with Gasteiger partial charge in [0.25, 0.3) is 0 Å². The predicted molar refractivity (Wildman–Crippen MR) is 199 cm³/mol. The minimum absolute atomic E-state index is 0.00172. The van der Waals surface area contributed by atoms with Crippen LogP contribution >= 0.6 is 0 Å². The Balaban J connectivity index is 0. The Morgan fingerprint density at radius 3 is 0.681 bits per heavy atom.